The average Bonchev–Trinajstić information content (AvgIpc) is 3.43. The molecule has 0 aliphatic carbocycles. The Balaban J connectivity index is 1.37. The first kappa shape index (κ1) is 31.9. The van der Waals surface area contributed by atoms with E-state index < -0.39 is 0 Å². The highest BCUT2D eigenvalue weighted by molar-refractivity contribution is 6.99. The predicted molar refractivity (Wildman–Crippen MR) is 217 cm³/mol. The SMILES string of the molecule is CC(C)(C)c1ccc2c(c1)B1c3c(cc(-c4ccc(-c5ccccc5)nc4)cc3-n3c4ccc(C(C)(C)C)cc4c4cc(C(C)(C)C)cc1c43)O2. The average molecular weight is 665 g/mol. The smallest absolute Gasteiger partial charge is 0.256 e. The van der Waals surface area contributed by atoms with E-state index >= 15 is 0 Å². The molecule has 0 spiro atoms. The molecule has 0 N–H and O–H groups in total. The lowest BCUT2D eigenvalue weighted by Crippen LogP contribution is -2.58. The second-order valence-corrected chi connectivity index (χ2v) is 17.8. The summed E-state index contributed by atoms with van der Waals surface area (Å²) < 4.78 is 9.51. The molecular formula is C47H45BN2O. The van der Waals surface area contributed by atoms with Crippen LogP contribution in [0.4, 0.5) is 0 Å². The number of hydrogen-bond acceptors (Lipinski definition) is 2. The van der Waals surface area contributed by atoms with Gasteiger partial charge in [-0.1, -0.05) is 123 Å². The number of hydrogen-bond donors (Lipinski definition) is 0. The van der Waals surface area contributed by atoms with Crippen LogP contribution in [0.5, 0.6) is 11.5 Å². The molecule has 7 aromatic rings. The van der Waals surface area contributed by atoms with Crippen LogP contribution in [0, 0.1) is 0 Å². The molecule has 2 aliphatic heterocycles. The van der Waals surface area contributed by atoms with Gasteiger partial charge in [0.05, 0.1) is 11.2 Å². The number of fused-ring (bicyclic) bond motifs is 7. The van der Waals surface area contributed by atoms with Crippen molar-refractivity contribution in [1.29, 1.82) is 0 Å². The lowest BCUT2D eigenvalue weighted by molar-refractivity contribution is 0.486. The van der Waals surface area contributed by atoms with Gasteiger partial charge in [0.2, 0.25) is 0 Å². The van der Waals surface area contributed by atoms with E-state index in [1.165, 1.54) is 60.6 Å². The van der Waals surface area contributed by atoms with Gasteiger partial charge >= 0.3 is 0 Å². The highest BCUT2D eigenvalue weighted by atomic mass is 16.5. The molecule has 3 nitrogen and oxygen atoms in total. The molecule has 2 aromatic heterocycles. The maximum absolute atomic E-state index is 6.97. The van der Waals surface area contributed by atoms with Crippen molar-refractivity contribution in [2.24, 2.45) is 0 Å². The number of ether oxygens (including phenoxy) is 1. The molecule has 5 aromatic carbocycles. The lowest BCUT2D eigenvalue weighted by Gasteiger charge is -2.35. The standard InChI is InChI=1S/C47H45BN2O/c1-45(2,3)31-16-19-39-34(23-31)35-24-33(47(7,8)9)26-37-44(35)50(39)40-21-30(29-15-18-38(49-27-29)28-13-11-10-12-14-28)22-42-43(40)48(37)36-25-32(46(4,5)6)17-20-41(36)51-42/h10-27H,1-9H3. The third-order valence-electron chi connectivity index (χ3n) is 11.2. The van der Waals surface area contributed by atoms with Crippen molar-refractivity contribution in [3.63, 3.8) is 0 Å². The molecule has 51 heavy (non-hydrogen) atoms. The van der Waals surface area contributed by atoms with Crippen molar-refractivity contribution < 1.29 is 4.74 Å². The van der Waals surface area contributed by atoms with Gasteiger partial charge in [0.25, 0.3) is 6.71 Å². The molecule has 0 saturated carbocycles. The zero-order valence-corrected chi connectivity index (χ0v) is 31.3. The fraction of sp³-hybridized carbons (Fsp3) is 0.255. The van der Waals surface area contributed by atoms with E-state index in [9.17, 15) is 0 Å². The number of benzene rings is 5. The van der Waals surface area contributed by atoms with Gasteiger partial charge in [-0.05, 0) is 97.4 Å². The van der Waals surface area contributed by atoms with Gasteiger partial charge in [0.1, 0.15) is 11.5 Å². The number of pyridine rings is 1. The zero-order valence-electron chi connectivity index (χ0n) is 31.3. The molecule has 0 unspecified atom stereocenters. The zero-order chi connectivity index (χ0) is 35.6. The fourth-order valence-corrected chi connectivity index (χ4v) is 8.16. The molecule has 4 heterocycles. The molecule has 0 bridgehead atoms. The van der Waals surface area contributed by atoms with Crippen LogP contribution in [-0.2, 0) is 16.2 Å². The van der Waals surface area contributed by atoms with Gasteiger partial charge in [0, 0.05) is 39.3 Å². The van der Waals surface area contributed by atoms with Gasteiger partial charge < -0.3 is 9.30 Å². The van der Waals surface area contributed by atoms with Crippen LogP contribution < -0.4 is 21.1 Å². The van der Waals surface area contributed by atoms with Crippen LogP contribution in [0.25, 0.3) is 49.9 Å². The van der Waals surface area contributed by atoms with E-state index in [1.54, 1.807) is 0 Å². The first-order chi connectivity index (χ1) is 24.2. The summed E-state index contributed by atoms with van der Waals surface area (Å²) in [6, 6.07) is 38.3. The Bertz CT molecular complexity index is 2540. The van der Waals surface area contributed by atoms with Gasteiger partial charge in [-0.15, -0.1) is 0 Å². The Morgan fingerprint density at radius 2 is 1.22 bits per heavy atom. The van der Waals surface area contributed by atoms with Crippen LogP contribution >= 0.6 is 0 Å². The molecule has 0 amide bonds. The molecule has 0 fully saturated rings. The maximum atomic E-state index is 6.97. The Labute approximate surface area is 302 Å². The summed E-state index contributed by atoms with van der Waals surface area (Å²) in [7, 11) is 0. The minimum atomic E-state index is -0.0200. The number of aromatic nitrogens is 2. The molecule has 0 atom stereocenters. The van der Waals surface area contributed by atoms with Crippen molar-refractivity contribution in [1.82, 2.24) is 9.55 Å². The van der Waals surface area contributed by atoms with E-state index in [0.29, 0.717) is 0 Å². The summed E-state index contributed by atoms with van der Waals surface area (Å²) in [4.78, 5) is 4.92. The second kappa shape index (κ2) is 10.7. The highest BCUT2D eigenvalue weighted by Gasteiger charge is 2.42. The fourth-order valence-electron chi connectivity index (χ4n) is 8.16. The lowest BCUT2D eigenvalue weighted by atomic mass is 9.34. The summed E-state index contributed by atoms with van der Waals surface area (Å²) in [5, 5.41) is 2.63. The largest absolute Gasteiger partial charge is 0.458 e. The monoisotopic (exact) mass is 664 g/mol. The summed E-state index contributed by atoms with van der Waals surface area (Å²) in [5.41, 5.74) is 15.9. The van der Waals surface area contributed by atoms with Crippen LogP contribution in [-0.4, -0.2) is 16.3 Å². The molecular weight excluding hydrogens is 619 g/mol. The van der Waals surface area contributed by atoms with Crippen molar-refractivity contribution in [3.8, 4) is 39.6 Å². The third-order valence-corrected chi connectivity index (χ3v) is 11.2. The van der Waals surface area contributed by atoms with E-state index in [-0.39, 0.29) is 23.0 Å². The van der Waals surface area contributed by atoms with E-state index in [2.05, 4.69) is 164 Å². The second-order valence-electron chi connectivity index (χ2n) is 17.8. The van der Waals surface area contributed by atoms with Gasteiger partial charge in [-0.2, -0.15) is 0 Å². The van der Waals surface area contributed by atoms with Gasteiger partial charge in [-0.25, -0.2) is 0 Å². The Morgan fingerprint density at radius 1 is 0.549 bits per heavy atom. The normalized spacial score (nSPS) is 13.7. The molecule has 252 valence electrons. The van der Waals surface area contributed by atoms with Gasteiger partial charge in [0.15, 0.2) is 0 Å². The first-order valence-corrected chi connectivity index (χ1v) is 18.3. The van der Waals surface area contributed by atoms with E-state index in [0.717, 1.165) is 33.9 Å². The third kappa shape index (κ3) is 4.98. The molecule has 2 aliphatic rings. The highest BCUT2D eigenvalue weighted by Crippen LogP contribution is 2.42. The van der Waals surface area contributed by atoms with Crippen LogP contribution in [0.1, 0.15) is 79.0 Å². The minimum Gasteiger partial charge on any atom is -0.458 e. The molecule has 9 rings (SSSR count). The van der Waals surface area contributed by atoms with Crippen molar-refractivity contribution in [2.45, 2.75) is 78.6 Å². The summed E-state index contributed by atoms with van der Waals surface area (Å²) in [6.07, 6.45) is 2.01. The van der Waals surface area contributed by atoms with Crippen molar-refractivity contribution in [2.75, 3.05) is 0 Å². The first-order valence-electron chi connectivity index (χ1n) is 18.3. The van der Waals surface area contributed by atoms with Crippen LogP contribution in [0.3, 0.4) is 0 Å². The Morgan fingerprint density at radius 3 is 1.90 bits per heavy atom. The van der Waals surface area contributed by atoms with Crippen molar-refractivity contribution >= 4 is 44.9 Å². The van der Waals surface area contributed by atoms with Gasteiger partial charge in [-0.3, -0.25) is 4.98 Å². The maximum Gasteiger partial charge on any atom is 0.256 e. The number of rotatable bonds is 2. The van der Waals surface area contributed by atoms with Crippen LogP contribution in [0.2, 0.25) is 0 Å². The van der Waals surface area contributed by atoms with E-state index in [4.69, 9.17) is 9.72 Å². The molecule has 4 heteroatoms. The van der Waals surface area contributed by atoms with Crippen molar-refractivity contribution in [3.05, 3.63) is 126 Å². The van der Waals surface area contributed by atoms with Crippen LogP contribution in [0.15, 0.2) is 109 Å². The summed E-state index contributed by atoms with van der Waals surface area (Å²) in [5.74, 6) is 1.86. The Hall–Kier alpha value is -5.09. The minimum absolute atomic E-state index is 0.0103. The predicted octanol–water partition coefficient (Wildman–Crippen LogP) is 10.3. The molecule has 0 saturated heterocycles. The Kier molecular flexibility index (Phi) is 6.69. The summed E-state index contributed by atoms with van der Waals surface area (Å²) >= 11 is 0. The number of nitrogens with zero attached hydrogens (tertiary/aromatic N) is 2. The summed E-state index contributed by atoms with van der Waals surface area (Å²) in [6.45, 7) is 20.9. The topological polar surface area (TPSA) is 27.1 Å². The quantitative estimate of drug-likeness (QED) is 0.172. The van der Waals surface area contributed by atoms with E-state index in [1.807, 2.05) is 12.3 Å². The molecule has 0 radical (unpaired) electrons.